The number of carbonyl (C=O) groups excluding carboxylic acids is 1. The minimum absolute atomic E-state index is 0.0680. The topological polar surface area (TPSA) is 42.4 Å². The van der Waals surface area contributed by atoms with Crippen LogP contribution in [0.4, 0.5) is 13.2 Å². The average molecular weight is 392 g/mol. The first-order valence-electron chi connectivity index (χ1n) is 9.25. The fraction of sp³-hybridized carbons (Fsp3) is 0.429. The first-order valence-corrected chi connectivity index (χ1v) is 9.25. The molecule has 1 aromatic carbocycles. The molecule has 0 saturated carbocycles. The van der Waals surface area contributed by atoms with Crippen molar-refractivity contribution in [2.45, 2.75) is 32.5 Å². The normalized spacial score (nSPS) is 17.8. The number of hydrogen-bond donors (Lipinski definition) is 0. The highest BCUT2D eigenvalue weighted by Crippen LogP contribution is 2.30. The van der Waals surface area contributed by atoms with Crippen molar-refractivity contribution in [3.05, 3.63) is 65.0 Å². The molecular weight excluding hydrogens is 369 g/mol. The molecule has 28 heavy (non-hydrogen) atoms. The number of alkyl halides is 3. The van der Waals surface area contributed by atoms with E-state index in [0.29, 0.717) is 37.4 Å². The molecule has 3 rings (SSSR count). The van der Waals surface area contributed by atoms with Crippen LogP contribution in [0.1, 0.15) is 42.3 Å². The fourth-order valence-electron chi connectivity index (χ4n) is 3.22. The molecule has 0 N–H and O–H groups in total. The Balaban J connectivity index is 1.68. The summed E-state index contributed by atoms with van der Waals surface area (Å²) in [5, 5.41) is 0. The number of nitrogens with zero attached hydrogens (tertiary/aromatic N) is 2. The van der Waals surface area contributed by atoms with Crippen molar-refractivity contribution in [3.63, 3.8) is 0 Å². The van der Waals surface area contributed by atoms with Gasteiger partial charge < -0.3 is 9.64 Å². The summed E-state index contributed by atoms with van der Waals surface area (Å²) in [4.78, 5) is 18.4. The molecule has 1 aliphatic heterocycles. The van der Waals surface area contributed by atoms with Gasteiger partial charge in [0.15, 0.2) is 0 Å². The first-order chi connectivity index (χ1) is 13.2. The molecule has 2 aromatic rings. The first kappa shape index (κ1) is 20.3. The number of carbonyl (C=O) groups is 1. The van der Waals surface area contributed by atoms with Crippen LogP contribution in [0.3, 0.4) is 0 Å². The molecule has 0 spiro atoms. The third-order valence-corrected chi connectivity index (χ3v) is 4.71. The van der Waals surface area contributed by atoms with E-state index >= 15 is 0 Å². The lowest BCUT2D eigenvalue weighted by Crippen LogP contribution is -2.44. The van der Waals surface area contributed by atoms with Crippen molar-refractivity contribution in [1.82, 2.24) is 9.88 Å². The van der Waals surface area contributed by atoms with Crippen LogP contribution in [0, 0.1) is 5.92 Å². The van der Waals surface area contributed by atoms with Gasteiger partial charge in [0, 0.05) is 18.7 Å². The molecule has 0 aliphatic carbocycles. The molecule has 1 atom stereocenters. The van der Waals surface area contributed by atoms with Crippen LogP contribution >= 0.6 is 0 Å². The van der Waals surface area contributed by atoms with Crippen LogP contribution in [-0.2, 0) is 22.1 Å². The monoisotopic (exact) mass is 392 g/mol. The molecule has 7 heteroatoms. The minimum atomic E-state index is -4.35. The van der Waals surface area contributed by atoms with Crippen LogP contribution in [0.2, 0.25) is 0 Å². The average Bonchev–Trinajstić information content (AvgIpc) is 2.67. The number of amides is 1. The number of aromatic nitrogens is 1. The minimum Gasteiger partial charge on any atom is -0.368 e. The quantitative estimate of drug-likeness (QED) is 0.781. The second kappa shape index (κ2) is 8.31. The van der Waals surface area contributed by atoms with E-state index in [1.54, 1.807) is 17.2 Å². The van der Waals surface area contributed by atoms with Gasteiger partial charge in [-0.1, -0.05) is 38.1 Å². The summed E-state index contributed by atoms with van der Waals surface area (Å²) >= 11 is 0. The van der Waals surface area contributed by atoms with Gasteiger partial charge in [-0.15, -0.1) is 0 Å². The van der Waals surface area contributed by atoms with Crippen molar-refractivity contribution >= 4 is 5.91 Å². The zero-order valence-corrected chi connectivity index (χ0v) is 15.9. The molecule has 0 radical (unpaired) electrons. The Bertz CT molecular complexity index is 819. The lowest BCUT2D eigenvalue weighted by Gasteiger charge is -2.33. The van der Waals surface area contributed by atoms with E-state index in [4.69, 9.17) is 4.74 Å². The summed E-state index contributed by atoms with van der Waals surface area (Å²) < 4.78 is 44.3. The summed E-state index contributed by atoms with van der Waals surface area (Å²) in [7, 11) is 0. The lowest BCUT2D eigenvalue weighted by molar-refractivity contribution is -0.142. The van der Waals surface area contributed by atoms with Crippen molar-refractivity contribution < 1.29 is 22.7 Å². The van der Waals surface area contributed by atoms with Crippen molar-refractivity contribution in [2.75, 3.05) is 19.7 Å². The van der Waals surface area contributed by atoms with Gasteiger partial charge in [-0.05, 0) is 29.7 Å². The second-order valence-corrected chi connectivity index (χ2v) is 7.26. The Kier molecular flexibility index (Phi) is 6.03. The molecule has 150 valence electrons. The summed E-state index contributed by atoms with van der Waals surface area (Å²) in [6.45, 7) is 5.22. The third-order valence-electron chi connectivity index (χ3n) is 4.71. The molecule has 4 nitrogen and oxygen atoms in total. The van der Waals surface area contributed by atoms with Gasteiger partial charge in [0.25, 0.3) is 0 Å². The molecular formula is C21H23F3N2O2. The standard InChI is InChI=1S/C21H23F3N2O2/c1-14(2)20(27)26-8-9-28-19(13-26)18-7-6-16(12-25-18)10-15-4-3-5-17(11-15)21(22,23)24/h3-7,11-12,14,19H,8-10,13H2,1-2H3/t19-/m0/s1. The Morgan fingerprint density at radius 1 is 1.25 bits per heavy atom. The van der Waals surface area contributed by atoms with Gasteiger partial charge in [-0.25, -0.2) is 0 Å². The van der Waals surface area contributed by atoms with E-state index in [9.17, 15) is 18.0 Å². The van der Waals surface area contributed by atoms with Gasteiger partial charge in [-0.3, -0.25) is 9.78 Å². The van der Waals surface area contributed by atoms with E-state index in [2.05, 4.69) is 4.98 Å². The van der Waals surface area contributed by atoms with Gasteiger partial charge in [0.05, 0.1) is 24.4 Å². The van der Waals surface area contributed by atoms with Gasteiger partial charge in [0.1, 0.15) is 6.10 Å². The van der Waals surface area contributed by atoms with Crippen LogP contribution in [-0.4, -0.2) is 35.5 Å². The summed E-state index contributed by atoms with van der Waals surface area (Å²) in [5.41, 5.74) is 1.45. The van der Waals surface area contributed by atoms with Crippen molar-refractivity contribution in [2.24, 2.45) is 5.92 Å². The predicted octanol–water partition coefficient (Wildman–Crippen LogP) is 4.25. The number of benzene rings is 1. The number of halogens is 3. The molecule has 1 fully saturated rings. The van der Waals surface area contributed by atoms with E-state index < -0.39 is 11.7 Å². The number of rotatable bonds is 4. The van der Waals surface area contributed by atoms with Crippen molar-refractivity contribution in [1.29, 1.82) is 0 Å². The number of morpholine rings is 1. The van der Waals surface area contributed by atoms with E-state index in [-0.39, 0.29) is 17.9 Å². The zero-order valence-electron chi connectivity index (χ0n) is 15.9. The summed E-state index contributed by atoms with van der Waals surface area (Å²) in [5.74, 6) is 0.0241. The summed E-state index contributed by atoms with van der Waals surface area (Å²) in [6.07, 6.45) is -2.63. The molecule has 0 bridgehead atoms. The van der Waals surface area contributed by atoms with E-state index in [1.165, 1.54) is 6.07 Å². The zero-order chi connectivity index (χ0) is 20.3. The maximum Gasteiger partial charge on any atom is 0.416 e. The van der Waals surface area contributed by atoms with Gasteiger partial charge in [-0.2, -0.15) is 13.2 Å². The molecule has 0 unspecified atom stereocenters. The van der Waals surface area contributed by atoms with Crippen LogP contribution < -0.4 is 0 Å². The highest BCUT2D eigenvalue weighted by Gasteiger charge is 2.30. The van der Waals surface area contributed by atoms with Crippen LogP contribution in [0.5, 0.6) is 0 Å². The Hall–Kier alpha value is -2.41. The van der Waals surface area contributed by atoms with Crippen molar-refractivity contribution in [3.8, 4) is 0 Å². The SMILES string of the molecule is CC(C)C(=O)N1CCO[C@H](c2ccc(Cc3cccc(C(F)(F)F)c3)cn2)C1. The Morgan fingerprint density at radius 2 is 2.04 bits per heavy atom. The Labute approximate surface area is 162 Å². The molecule has 1 saturated heterocycles. The predicted molar refractivity (Wildman–Crippen MR) is 98.6 cm³/mol. The van der Waals surface area contributed by atoms with Gasteiger partial charge >= 0.3 is 6.18 Å². The molecule has 1 aliphatic rings. The maximum absolute atomic E-state index is 12.8. The molecule has 2 heterocycles. The van der Waals surface area contributed by atoms with Crippen LogP contribution in [0.15, 0.2) is 42.6 Å². The second-order valence-electron chi connectivity index (χ2n) is 7.26. The number of hydrogen-bond acceptors (Lipinski definition) is 3. The maximum atomic E-state index is 12.8. The number of ether oxygens (including phenoxy) is 1. The fourth-order valence-corrected chi connectivity index (χ4v) is 3.22. The smallest absolute Gasteiger partial charge is 0.368 e. The number of pyridine rings is 1. The Morgan fingerprint density at radius 3 is 2.68 bits per heavy atom. The van der Waals surface area contributed by atoms with E-state index in [1.807, 2.05) is 26.0 Å². The van der Waals surface area contributed by atoms with E-state index in [0.717, 1.165) is 17.7 Å². The van der Waals surface area contributed by atoms with Gasteiger partial charge in [0.2, 0.25) is 5.91 Å². The lowest BCUT2D eigenvalue weighted by atomic mass is 10.0. The summed E-state index contributed by atoms with van der Waals surface area (Å²) in [6, 6.07) is 8.97. The van der Waals surface area contributed by atoms with Crippen LogP contribution in [0.25, 0.3) is 0 Å². The highest BCUT2D eigenvalue weighted by atomic mass is 19.4. The largest absolute Gasteiger partial charge is 0.416 e. The highest BCUT2D eigenvalue weighted by molar-refractivity contribution is 5.78. The molecule has 1 aromatic heterocycles. The molecule has 1 amide bonds. The third kappa shape index (κ3) is 4.90.